The van der Waals surface area contributed by atoms with E-state index in [9.17, 15) is 4.79 Å². The molecule has 1 aliphatic rings. The lowest BCUT2D eigenvalue weighted by Gasteiger charge is -2.30. The van der Waals surface area contributed by atoms with E-state index in [1.54, 1.807) is 14.2 Å². The van der Waals surface area contributed by atoms with Crippen LogP contribution in [0.3, 0.4) is 0 Å². The maximum Gasteiger partial charge on any atom is 0.207 e. The van der Waals surface area contributed by atoms with Gasteiger partial charge in [-0.25, -0.2) is 0 Å². The van der Waals surface area contributed by atoms with Gasteiger partial charge in [0.1, 0.15) is 0 Å². The zero-order valence-electron chi connectivity index (χ0n) is 15.1. The van der Waals surface area contributed by atoms with Crippen LogP contribution in [0.4, 0.5) is 0 Å². The molecule has 0 saturated heterocycles. The van der Waals surface area contributed by atoms with Crippen LogP contribution >= 0.6 is 0 Å². The number of hydrogen-bond acceptors (Lipinski definition) is 4. The summed E-state index contributed by atoms with van der Waals surface area (Å²) in [6.07, 6.45) is 3.78. The van der Waals surface area contributed by atoms with Gasteiger partial charge >= 0.3 is 0 Å². The molecule has 1 amide bonds. The minimum atomic E-state index is 0.0883. The lowest BCUT2D eigenvalue weighted by Crippen LogP contribution is -2.40. The maximum absolute atomic E-state index is 11.0. The van der Waals surface area contributed by atoms with Crippen LogP contribution in [-0.2, 0) is 9.53 Å². The molecule has 0 aromatic heterocycles. The van der Waals surface area contributed by atoms with Crippen molar-refractivity contribution >= 4 is 6.41 Å². The first-order valence-electron chi connectivity index (χ1n) is 8.53. The lowest BCUT2D eigenvalue weighted by atomic mass is 9.82. The summed E-state index contributed by atoms with van der Waals surface area (Å²) < 4.78 is 16.3. The highest BCUT2D eigenvalue weighted by Gasteiger charge is 2.42. The minimum absolute atomic E-state index is 0.0883. The fraction of sp³-hybridized carbons (Fsp3) is 0.632. The molecule has 0 aliphatic heterocycles. The average molecular weight is 335 g/mol. The van der Waals surface area contributed by atoms with Gasteiger partial charge in [-0.05, 0) is 36.0 Å². The van der Waals surface area contributed by atoms with Gasteiger partial charge in [-0.2, -0.15) is 0 Å². The first-order valence-corrected chi connectivity index (χ1v) is 8.53. The normalized spacial score (nSPS) is 22.2. The van der Waals surface area contributed by atoms with Crippen LogP contribution in [0.15, 0.2) is 18.2 Å². The Morgan fingerprint density at radius 1 is 1.25 bits per heavy atom. The Kier molecular flexibility index (Phi) is 6.49. The number of methoxy groups -OCH3 is 2. The molecule has 1 saturated carbocycles. The molecule has 1 aliphatic carbocycles. The van der Waals surface area contributed by atoms with E-state index in [1.807, 2.05) is 6.07 Å². The van der Waals surface area contributed by atoms with E-state index < -0.39 is 0 Å². The van der Waals surface area contributed by atoms with E-state index >= 15 is 0 Å². The maximum atomic E-state index is 11.0. The molecule has 24 heavy (non-hydrogen) atoms. The van der Waals surface area contributed by atoms with E-state index in [0.717, 1.165) is 37.2 Å². The number of carbonyl (C=O) groups is 1. The van der Waals surface area contributed by atoms with Gasteiger partial charge in [0.05, 0.1) is 13.7 Å². The fourth-order valence-corrected chi connectivity index (χ4v) is 3.59. The predicted octanol–water partition coefficient (Wildman–Crippen LogP) is 3.13. The van der Waals surface area contributed by atoms with Gasteiger partial charge in [-0.1, -0.05) is 19.9 Å². The molecule has 1 N–H and O–H groups in total. The van der Waals surface area contributed by atoms with Crippen LogP contribution in [0.2, 0.25) is 0 Å². The SMILES string of the molecule is COCCCOc1cc(C2CCC(C)(C)C2NC=O)ccc1OC. The van der Waals surface area contributed by atoms with Crippen molar-refractivity contribution in [3.05, 3.63) is 23.8 Å². The van der Waals surface area contributed by atoms with E-state index in [2.05, 4.69) is 31.3 Å². The number of ether oxygens (including phenoxy) is 3. The van der Waals surface area contributed by atoms with Gasteiger partial charge in [0, 0.05) is 32.1 Å². The van der Waals surface area contributed by atoms with Gasteiger partial charge in [0.15, 0.2) is 11.5 Å². The van der Waals surface area contributed by atoms with Gasteiger partial charge in [-0.3, -0.25) is 4.79 Å². The molecule has 2 atom stereocenters. The predicted molar refractivity (Wildman–Crippen MR) is 93.7 cm³/mol. The standard InChI is InChI=1S/C19H29NO4/c1-19(2)9-8-15(18(19)20-13-21)14-6-7-16(23-4)17(12-14)24-11-5-10-22-3/h6-7,12-13,15,18H,5,8-11H2,1-4H3,(H,20,21). The second kappa shape index (κ2) is 8.38. The van der Waals surface area contributed by atoms with Crippen molar-refractivity contribution < 1.29 is 19.0 Å². The van der Waals surface area contributed by atoms with E-state index in [0.29, 0.717) is 13.2 Å². The quantitative estimate of drug-likeness (QED) is 0.556. The van der Waals surface area contributed by atoms with Crippen molar-refractivity contribution in [2.75, 3.05) is 27.4 Å². The van der Waals surface area contributed by atoms with E-state index in [-0.39, 0.29) is 17.4 Å². The second-order valence-corrected chi connectivity index (χ2v) is 7.00. The number of benzene rings is 1. The van der Waals surface area contributed by atoms with Crippen LogP contribution in [0.25, 0.3) is 0 Å². The molecule has 134 valence electrons. The first kappa shape index (κ1) is 18.6. The largest absolute Gasteiger partial charge is 0.493 e. The van der Waals surface area contributed by atoms with Gasteiger partial charge in [0.25, 0.3) is 0 Å². The van der Waals surface area contributed by atoms with Crippen LogP contribution < -0.4 is 14.8 Å². The van der Waals surface area contributed by atoms with Crippen LogP contribution in [0, 0.1) is 5.41 Å². The number of carbonyl (C=O) groups excluding carboxylic acids is 1. The van der Waals surface area contributed by atoms with Crippen molar-refractivity contribution in [1.29, 1.82) is 0 Å². The van der Waals surface area contributed by atoms with Crippen molar-refractivity contribution in [2.45, 2.75) is 45.1 Å². The van der Waals surface area contributed by atoms with Crippen LogP contribution in [0.5, 0.6) is 11.5 Å². The molecular formula is C19H29NO4. The zero-order chi connectivity index (χ0) is 17.6. The summed E-state index contributed by atoms with van der Waals surface area (Å²) >= 11 is 0. The van der Waals surface area contributed by atoms with E-state index in [4.69, 9.17) is 14.2 Å². The fourth-order valence-electron chi connectivity index (χ4n) is 3.59. The number of rotatable bonds is 9. The molecule has 5 nitrogen and oxygen atoms in total. The minimum Gasteiger partial charge on any atom is -0.493 e. The Balaban J connectivity index is 2.19. The van der Waals surface area contributed by atoms with Gasteiger partial charge < -0.3 is 19.5 Å². The summed E-state index contributed by atoms with van der Waals surface area (Å²) in [5.74, 6) is 1.77. The Morgan fingerprint density at radius 2 is 2.04 bits per heavy atom. The molecule has 5 heteroatoms. The zero-order valence-corrected chi connectivity index (χ0v) is 15.1. The molecule has 1 aromatic carbocycles. The number of amides is 1. The summed E-state index contributed by atoms with van der Waals surface area (Å²) in [7, 11) is 3.33. The molecule has 0 radical (unpaired) electrons. The Hall–Kier alpha value is -1.75. The lowest BCUT2D eigenvalue weighted by molar-refractivity contribution is -0.110. The Labute approximate surface area is 144 Å². The van der Waals surface area contributed by atoms with Crippen molar-refractivity contribution in [3.8, 4) is 11.5 Å². The Morgan fingerprint density at radius 3 is 2.71 bits per heavy atom. The summed E-state index contributed by atoms with van der Waals surface area (Å²) in [6, 6.07) is 6.21. The molecule has 0 heterocycles. The summed E-state index contributed by atoms with van der Waals surface area (Å²) in [5, 5.41) is 3.02. The van der Waals surface area contributed by atoms with E-state index in [1.165, 1.54) is 5.56 Å². The monoisotopic (exact) mass is 335 g/mol. The third-order valence-electron chi connectivity index (χ3n) is 4.96. The number of hydrogen-bond donors (Lipinski definition) is 1. The van der Waals surface area contributed by atoms with Crippen molar-refractivity contribution in [3.63, 3.8) is 0 Å². The number of nitrogens with one attached hydrogen (secondary N) is 1. The highest BCUT2D eigenvalue weighted by atomic mass is 16.5. The molecule has 1 fully saturated rings. The van der Waals surface area contributed by atoms with Crippen LogP contribution in [-0.4, -0.2) is 39.9 Å². The molecule has 2 rings (SSSR count). The molecule has 2 unspecified atom stereocenters. The van der Waals surface area contributed by atoms with Crippen molar-refractivity contribution in [1.82, 2.24) is 5.32 Å². The molecule has 1 aromatic rings. The highest BCUT2D eigenvalue weighted by Crippen LogP contribution is 2.47. The Bertz CT molecular complexity index is 544. The van der Waals surface area contributed by atoms with Crippen molar-refractivity contribution in [2.24, 2.45) is 5.41 Å². The summed E-state index contributed by atoms with van der Waals surface area (Å²) in [5.41, 5.74) is 1.27. The third-order valence-corrected chi connectivity index (χ3v) is 4.96. The second-order valence-electron chi connectivity index (χ2n) is 7.00. The molecule has 0 bridgehead atoms. The topological polar surface area (TPSA) is 56.8 Å². The summed E-state index contributed by atoms with van der Waals surface area (Å²) in [6.45, 7) is 5.67. The average Bonchev–Trinajstić information content (AvgIpc) is 2.87. The first-order chi connectivity index (χ1) is 11.5. The highest BCUT2D eigenvalue weighted by molar-refractivity contribution is 5.49. The van der Waals surface area contributed by atoms with Crippen LogP contribution in [0.1, 0.15) is 44.6 Å². The third kappa shape index (κ3) is 4.20. The molecule has 0 spiro atoms. The molecular weight excluding hydrogens is 306 g/mol. The smallest absolute Gasteiger partial charge is 0.207 e. The van der Waals surface area contributed by atoms with Gasteiger partial charge in [0.2, 0.25) is 6.41 Å². The summed E-state index contributed by atoms with van der Waals surface area (Å²) in [4.78, 5) is 11.0. The van der Waals surface area contributed by atoms with Gasteiger partial charge in [-0.15, -0.1) is 0 Å².